The third-order valence-corrected chi connectivity index (χ3v) is 3.54. The van der Waals surface area contributed by atoms with Crippen molar-refractivity contribution >= 4 is 0 Å². The zero-order valence-electron chi connectivity index (χ0n) is 13.1. The second-order valence-electron chi connectivity index (χ2n) is 5.26. The maximum Gasteiger partial charge on any atom is 0.0766 e. The molecule has 0 amide bonds. The molecule has 1 aromatic carbocycles. The largest absolute Gasteiger partial charge is 0.377 e. The summed E-state index contributed by atoms with van der Waals surface area (Å²) >= 11 is 0. The molecule has 19 heavy (non-hydrogen) atoms. The summed E-state index contributed by atoms with van der Waals surface area (Å²) in [6, 6.07) is 9.25. The highest BCUT2D eigenvalue weighted by atomic mass is 16.5. The predicted octanol–water partition coefficient (Wildman–Crippen LogP) is 4.28. The molecular formula is C17H29NO. The average molecular weight is 263 g/mol. The lowest BCUT2D eigenvalue weighted by molar-refractivity contribution is 0.0318. The van der Waals surface area contributed by atoms with Crippen LogP contribution in [0.1, 0.15) is 64.1 Å². The van der Waals surface area contributed by atoms with Gasteiger partial charge in [0.15, 0.2) is 0 Å². The summed E-state index contributed by atoms with van der Waals surface area (Å²) in [4.78, 5) is 0. The number of hydrogen-bond acceptors (Lipinski definition) is 2. The quantitative estimate of drug-likeness (QED) is 0.756. The smallest absolute Gasteiger partial charge is 0.0766 e. The van der Waals surface area contributed by atoms with Gasteiger partial charge < -0.3 is 10.1 Å². The van der Waals surface area contributed by atoms with Crippen LogP contribution >= 0.6 is 0 Å². The van der Waals surface area contributed by atoms with E-state index in [0.29, 0.717) is 5.92 Å². The van der Waals surface area contributed by atoms with Crippen molar-refractivity contribution in [1.82, 2.24) is 5.32 Å². The molecule has 0 aliphatic rings. The van der Waals surface area contributed by atoms with E-state index in [1.807, 2.05) is 0 Å². The van der Waals surface area contributed by atoms with Gasteiger partial charge in [0, 0.05) is 6.61 Å². The second kappa shape index (κ2) is 8.34. The predicted molar refractivity (Wildman–Crippen MR) is 82.7 cm³/mol. The summed E-state index contributed by atoms with van der Waals surface area (Å²) in [6.45, 7) is 12.6. The Hall–Kier alpha value is -0.860. The van der Waals surface area contributed by atoms with Gasteiger partial charge >= 0.3 is 0 Å². The Kier molecular flexibility index (Phi) is 7.11. The van der Waals surface area contributed by atoms with Gasteiger partial charge in [0.2, 0.25) is 0 Å². The molecule has 0 bridgehead atoms. The molecule has 2 atom stereocenters. The van der Waals surface area contributed by atoms with Crippen molar-refractivity contribution in [3.63, 3.8) is 0 Å². The van der Waals surface area contributed by atoms with Crippen LogP contribution in [0.5, 0.6) is 0 Å². The minimum atomic E-state index is 0.245. The summed E-state index contributed by atoms with van der Waals surface area (Å²) in [7, 11) is 0. The van der Waals surface area contributed by atoms with Crippen molar-refractivity contribution in [2.45, 2.75) is 59.1 Å². The lowest BCUT2D eigenvalue weighted by Gasteiger charge is -2.27. The summed E-state index contributed by atoms with van der Waals surface area (Å²) in [6.07, 6.45) is 1.27. The number of rotatable bonds is 8. The topological polar surface area (TPSA) is 21.3 Å². The lowest BCUT2D eigenvalue weighted by Crippen LogP contribution is -2.33. The highest BCUT2D eigenvalue weighted by molar-refractivity contribution is 5.27. The van der Waals surface area contributed by atoms with E-state index in [4.69, 9.17) is 4.74 Å². The normalized spacial score (nSPS) is 14.6. The van der Waals surface area contributed by atoms with Crippen LogP contribution in [0.25, 0.3) is 0 Å². The Labute approximate surface area is 118 Å². The molecule has 0 heterocycles. The maximum absolute atomic E-state index is 5.88. The fourth-order valence-corrected chi connectivity index (χ4v) is 2.44. The maximum atomic E-state index is 5.88. The van der Waals surface area contributed by atoms with Crippen molar-refractivity contribution in [2.75, 3.05) is 13.2 Å². The summed E-state index contributed by atoms with van der Waals surface area (Å²) in [5.74, 6) is 0.584. The van der Waals surface area contributed by atoms with Crippen molar-refractivity contribution < 1.29 is 4.74 Å². The molecule has 2 unspecified atom stereocenters. The molecule has 0 aliphatic heterocycles. The van der Waals surface area contributed by atoms with E-state index in [-0.39, 0.29) is 12.1 Å². The van der Waals surface area contributed by atoms with E-state index >= 15 is 0 Å². The van der Waals surface area contributed by atoms with E-state index < -0.39 is 0 Å². The van der Waals surface area contributed by atoms with Crippen LogP contribution in [-0.2, 0) is 4.74 Å². The van der Waals surface area contributed by atoms with Crippen LogP contribution in [0.15, 0.2) is 24.3 Å². The molecule has 0 aliphatic carbocycles. The Balaban J connectivity index is 2.90. The monoisotopic (exact) mass is 263 g/mol. The highest BCUT2D eigenvalue weighted by Crippen LogP contribution is 2.24. The minimum Gasteiger partial charge on any atom is -0.377 e. The molecule has 108 valence electrons. The Morgan fingerprint density at radius 2 is 1.58 bits per heavy atom. The molecule has 0 saturated carbocycles. The van der Waals surface area contributed by atoms with Gasteiger partial charge in [-0.1, -0.05) is 52.0 Å². The number of benzene rings is 1. The molecule has 0 spiro atoms. The first kappa shape index (κ1) is 16.2. The van der Waals surface area contributed by atoms with Gasteiger partial charge in [-0.3, -0.25) is 0 Å². The van der Waals surface area contributed by atoms with Crippen LogP contribution in [0.2, 0.25) is 0 Å². The van der Waals surface area contributed by atoms with Gasteiger partial charge in [-0.25, -0.2) is 0 Å². The molecule has 1 aromatic rings. The zero-order chi connectivity index (χ0) is 14.3. The molecule has 0 radical (unpaired) electrons. The van der Waals surface area contributed by atoms with Gasteiger partial charge in [-0.05, 0) is 36.9 Å². The van der Waals surface area contributed by atoms with Crippen LogP contribution in [0.4, 0.5) is 0 Å². The fourth-order valence-electron chi connectivity index (χ4n) is 2.44. The van der Waals surface area contributed by atoms with Crippen LogP contribution in [-0.4, -0.2) is 19.3 Å². The molecule has 0 fully saturated rings. The van der Waals surface area contributed by atoms with Crippen molar-refractivity contribution in [3.8, 4) is 0 Å². The second-order valence-corrected chi connectivity index (χ2v) is 5.26. The zero-order valence-corrected chi connectivity index (χ0v) is 13.1. The number of likely N-dealkylation sites (N-methyl/N-ethyl adjacent to an activating group) is 1. The van der Waals surface area contributed by atoms with Crippen LogP contribution < -0.4 is 5.32 Å². The van der Waals surface area contributed by atoms with Gasteiger partial charge in [0.25, 0.3) is 0 Å². The van der Waals surface area contributed by atoms with E-state index in [1.165, 1.54) is 11.1 Å². The van der Waals surface area contributed by atoms with Crippen molar-refractivity contribution in [2.24, 2.45) is 0 Å². The first-order valence-electron chi connectivity index (χ1n) is 7.58. The SMILES string of the molecule is CCNC(c1ccc(C(C)C)cc1)C(CC)OCC. The lowest BCUT2D eigenvalue weighted by atomic mass is 9.95. The molecule has 0 aromatic heterocycles. The van der Waals surface area contributed by atoms with Crippen LogP contribution in [0, 0.1) is 0 Å². The summed E-state index contributed by atoms with van der Waals surface area (Å²) in [5.41, 5.74) is 2.72. The molecule has 0 saturated heterocycles. The number of ether oxygens (including phenoxy) is 1. The van der Waals surface area contributed by atoms with Gasteiger partial charge in [-0.2, -0.15) is 0 Å². The van der Waals surface area contributed by atoms with Gasteiger partial charge in [0.1, 0.15) is 0 Å². The van der Waals surface area contributed by atoms with Crippen molar-refractivity contribution in [1.29, 1.82) is 0 Å². The third kappa shape index (κ3) is 4.63. The standard InChI is InChI=1S/C17H29NO/c1-6-16(19-8-3)17(18-7-2)15-11-9-14(10-12-15)13(4)5/h9-13,16-18H,6-8H2,1-5H3. The average Bonchev–Trinajstić information content (AvgIpc) is 2.43. The van der Waals surface area contributed by atoms with Gasteiger partial charge in [0.05, 0.1) is 12.1 Å². The summed E-state index contributed by atoms with van der Waals surface area (Å²) < 4.78 is 5.88. The highest BCUT2D eigenvalue weighted by Gasteiger charge is 2.21. The Morgan fingerprint density at radius 3 is 2.00 bits per heavy atom. The number of nitrogens with one attached hydrogen (secondary N) is 1. The van der Waals surface area contributed by atoms with Gasteiger partial charge in [-0.15, -0.1) is 0 Å². The van der Waals surface area contributed by atoms with E-state index in [1.54, 1.807) is 0 Å². The van der Waals surface area contributed by atoms with E-state index in [0.717, 1.165) is 19.6 Å². The Bertz CT molecular complexity index is 345. The first-order valence-corrected chi connectivity index (χ1v) is 7.58. The summed E-state index contributed by atoms with van der Waals surface area (Å²) in [5, 5.41) is 3.56. The third-order valence-electron chi connectivity index (χ3n) is 3.54. The number of hydrogen-bond donors (Lipinski definition) is 1. The molecular weight excluding hydrogens is 234 g/mol. The Morgan fingerprint density at radius 1 is 1.00 bits per heavy atom. The van der Waals surface area contributed by atoms with E-state index in [2.05, 4.69) is 64.2 Å². The molecule has 2 heteroatoms. The van der Waals surface area contributed by atoms with Crippen LogP contribution in [0.3, 0.4) is 0 Å². The van der Waals surface area contributed by atoms with E-state index in [9.17, 15) is 0 Å². The minimum absolute atomic E-state index is 0.245. The first-order chi connectivity index (χ1) is 9.13. The molecule has 1 rings (SSSR count). The van der Waals surface area contributed by atoms with Crippen molar-refractivity contribution in [3.05, 3.63) is 35.4 Å². The molecule has 1 N–H and O–H groups in total. The fraction of sp³-hybridized carbons (Fsp3) is 0.647. The molecule has 2 nitrogen and oxygen atoms in total.